The highest BCUT2D eigenvalue weighted by molar-refractivity contribution is 5.17. The molecule has 5 rings (SSSR count). The molecule has 0 amide bonds. The van der Waals surface area contributed by atoms with Crippen LogP contribution in [0.4, 0.5) is 0 Å². The summed E-state index contributed by atoms with van der Waals surface area (Å²) in [6, 6.07) is 0. The first kappa shape index (κ1) is 20.4. The second-order valence-electron chi connectivity index (χ2n) is 9.78. The first-order valence-electron chi connectivity index (χ1n) is 12.3. The van der Waals surface area contributed by atoms with E-state index in [0.29, 0.717) is 0 Å². The highest BCUT2D eigenvalue weighted by Gasteiger charge is 2.33. The molecule has 0 aromatic heterocycles. The SMILES string of the molecule is C1=CCCC2CN3CCCCC=CCCC4C=C(CN(CCCC1)C4)C2CC3. The minimum atomic E-state index is 0.778. The first-order chi connectivity index (χ1) is 13.9. The Morgan fingerprint density at radius 1 is 0.643 bits per heavy atom. The molecule has 2 nitrogen and oxygen atoms in total. The molecule has 156 valence electrons. The zero-order valence-electron chi connectivity index (χ0n) is 18.0. The summed E-state index contributed by atoms with van der Waals surface area (Å²) in [5.41, 5.74) is 1.82. The summed E-state index contributed by atoms with van der Waals surface area (Å²) >= 11 is 0. The molecule has 0 saturated carbocycles. The van der Waals surface area contributed by atoms with Crippen molar-refractivity contribution in [3.63, 3.8) is 0 Å². The van der Waals surface area contributed by atoms with Crippen molar-refractivity contribution in [1.29, 1.82) is 0 Å². The fraction of sp³-hybridized carbons (Fsp3) is 0.769. The van der Waals surface area contributed by atoms with E-state index in [1.165, 1.54) is 110 Å². The van der Waals surface area contributed by atoms with Crippen LogP contribution in [0, 0.1) is 17.8 Å². The van der Waals surface area contributed by atoms with Crippen molar-refractivity contribution in [3.05, 3.63) is 36.0 Å². The molecule has 5 aliphatic rings. The van der Waals surface area contributed by atoms with Crippen LogP contribution in [0.5, 0.6) is 0 Å². The van der Waals surface area contributed by atoms with Gasteiger partial charge in [0.05, 0.1) is 0 Å². The van der Waals surface area contributed by atoms with Gasteiger partial charge in [-0.2, -0.15) is 0 Å². The summed E-state index contributed by atoms with van der Waals surface area (Å²) in [6.45, 7) is 7.87. The molecule has 6 bridgehead atoms. The number of piperidine rings is 1. The largest absolute Gasteiger partial charge is 0.303 e. The summed E-state index contributed by atoms with van der Waals surface area (Å²) in [5.74, 6) is 2.49. The Morgan fingerprint density at radius 3 is 2.18 bits per heavy atom. The Labute approximate surface area is 173 Å². The topological polar surface area (TPSA) is 6.48 Å². The lowest BCUT2D eigenvalue weighted by molar-refractivity contribution is 0.118. The second-order valence-corrected chi connectivity index (χ2v) is 9.78. The number of fused-ring (bicyclic) bond motifs is 8. The molecule has 0 aromatic carbocycles. The highest BCUT2D eigenvalue weighted by atomic mass is 15.1. The van der Waals surface area contributed by atoms with Crippen molar-refractivity contribution >= 4 is 0 Å². The Bertz CT molecular complexity index is 561. The molecule has 1 saturated heterocycles. The molecule has 0 aromatic rings. The van der Waals surface area contributed by atoms with Gasteiger partial charge in [-0.3, -0.25) is 4.90 Å². The Hall–Kier alpha value is -0.860. The summed E-state index contributed by atoms with van der Waals surface area (Å²) in [5, 5.41) is 0. The third kappa shape index (κ3) is 5.83. The lowest BCUT2D eigenvalue weighted by atomic mass is 9.75. The van der Waals surface area contributed by atoms with Crippen molar-refractivity contribution in [2.75, 3.05) is 39.3 Å². The van der Waals surface area contributed by atoms with Crippen LogP contribution in [0.15, 0.2) is 36.0 Å². The summed E-state index contributed by atoms with van der Waals surface area (Å²) in [4.78, 5) is 5.61. The van der Waals surface area contributed by atoms with Gasteiger partial charge in [0.15, 0.2) is 0 Å². The van der Waals surface area contributed by atoms with Crippen LogP contribution in [-0.4, -0.2) is 49.1 Å². The van der Waals surface area contributed by atoms with E-state index in [-0.39, 0.29) is 0 Å². The lowest BCUT2D eigenvalue weighted by Crippen LogP contribution is -2.45. The Morgan fingerprint density at radius 2 is 1.36 bits per heavy atom. The van der Waals surface area contributed by atoms with E-state index in [9.17, 15) is 0 Å². The Balaban J connectivity index is 1.57. The molecular formula is C26H42N2. The fourth-order valence-electron chi connectivity index (χ4n) is 6.03. The van der Waals surface area contributed by atoms with Crippen molar-refractivity contribution in [2.45, 2.75) is 70.6 Å². The maximum Gasteiger partial charge on any atom is 0.0196 e. The third-order valence-electron chi connectivity index (χ3n) is 7.57. The van der Waals surface area contributed by atoms with Crippen molar-refractivity contribution in [1.82, 2.24) is 9.80 Å². The molecule has 5 heterocycles. The standard InChI is InChI=1S/C26H42N2/c1-3-7-11-16-27-18-15-26-24(21-27)14-10-6-2-4-8-12-17-28-20-23(13-9-5-1)19-25(26)22-28/h1-2,5-6,19,23-24,26H,3-4,7-18,20-22H2. The van der Waals surface area contributed by atoms with Crippen LogP contribution in [0.25, 0.3) is 0 Å². The number of allylic oxidation sites excluding steroid dienone is 4. The lowest BCUT2D eigenvalue weighted by Gasteiger charge is -2.43. The minimum Gasteiger partial charge on any atom is -0.303 e. The quantitative estimate of drug-likeness (QED) is 0.487. The Kier molecular flexibility index (Phi) is 7.86. The van der Waals surface area contributed by atoms with Crippen molar-refractivity contribution < 1.29 is 0 Å². The number of hydrogen-bond acceptors (Lipinski definition) is 2. The highest BCUT2D eigenvalue weighted by Crippen LogP contribution is 2.37. The van der Waals surface area contributed by atoms with E-state index < -0.39 is 0 Å². The van der Waals surface area contributed by atoms with E-state index in [1.54, 1.807) is 0 Å². The average Bonchev–Trinajstić information content (AvgIpc) is 2.71. The smallest absolute Gasteiger partial charge is 0.0196 e. The molecule has 0 radical (unpaired) electrons. The van der Waals surface area contributed by atoms with E-state index in [4.69, 9.17) is 0 Å². The van der Waals surface area contributed by atoms with Gasteiger partial charge in [0, 0.05) is 19.6 Å². The molecule has 2 heteroatoms. The molecule has 28 heavy (non-hydrogen) atoms. The zero-order valence-corrected chi connectivity index (χ0v) is 18.0. The van der Waals surface area contributed by atoms with E-state index in [1.807, 2.05) is 5.57 Å². The van der Waals surface area contributed by atoms with Gasteiger partial charge in [0.2, 0.25) is 0 Å². The molecule has 0 spiro atoms. The summed E-state index contributed by atoms with van der Waals surface area (Å²) in [7, 11) is 0. The van der Waals surface area contributed by atoms with Gasteiger partial charge < -0.3 is 4.90 Å². The predicted octanol–water partition coefficient (Wildman–Crippen LogP) is 5.82. The van der Waals surface area contributed by atoms with Gasteiger partial charge in [0.25, 0.3) is 0 Å². The molecule has 1 fully saturated rings. The average molecular weight is 383 g/mol. The van der Waals surface area contributed by atoms with Gasteiger partial charge in [-0.25, -0.2) is 0 Å². The number of nitrogens with zero attached hydrogens (tertiary/aromatic N) is 2. The van der Waals surface area contributed by atoms with Crippen LogP contribution >= 0.6 is 0 Å². The monoisotopic (exact) mass is 382 g/mol. The van der Waals surface area contributed by atoms with E-state index in [0.717, 1.165) is 17.8 Å². The maximum atomic E-state index is 2.81. The van der Waals surface area contributed by atoms with Crippen molar-refractivity contribution in [3.8, 4) is 0 Å². The third-order valence-corrected chi connectivity index (χ3v) is 7.57. The van der Waals surface area contributed by atoms with Crippen LogP contribution in [0.1, 0.15) is 70.6 Å². The molecule has 5 aliphatic heterocycles. The van der Waals surface area contributed by atoms with Gasteiger partial charge in [-0.1, -0.05) is 36.0 Å². The van der Waals surface area contributed by atoms with Crippen LogP contribution in [0.2, 0.25) is 0 Å². The van der Waals surface area contributed by atoms with Crippen LogP contribution < -0.4 is 0 Å². The summed E-state index contributed by atoms with van der Waals surface area (Å²) in [6.07, 6.45) is 27.4. The molecule has 5 unspecified atom stereocenters. The minimum absolute atomic E-state index is 0.778. The molecular weight excluding hydrogens is 340 g/mol. The van der Waals surface area contributed by atoms with Gasteiger partial charge in [-0.15, -0.1) is 0 Å². The van der Waals surface area contributed by atoms with Crippen LogP contribution in [-0.2, 0) is 0 Å². The predicted molar refractivity (Wildman–Crippen MR) is 121 cm³/mol. The normalized spacial score (nSPS) is 38.0. The van der Waals surface area contributed by atoms with Crippen LogP contribution in [0.3, 0.4) is 0 Å². The fourth-order valence-corrected chi connectivity index (χ4v) is 6.03. The van der Waals surface area contributed by atoms with Gasteiger partial charge >= 0.3 is 0 Å². The van der Waals surface area contributed by atoms with Gasteiger partial charge in [0.1, 0.15) is 0 Å². The first-order valence-corrected chi connectivity index (χ1v) is 12.3. The van der Waals surface area contributed by atoms with Crippen molar-refractivity contribution in [2.24, 2.45) is 17.8 Å². The molecule has 5 atom stereocenters. The molecule has 0 aliphatic carbocycles. The van der Waals surface area contributed by atoms with Gasteiger partial charge in [-0.05, 0) is 108 Å². The summed E-state index contributed by atoms with van der Waals surface area (Å²) < 4.78 is 0. The second kappa shape index (κ2) is 10.8. The number of rotatable bonds is 0. The van der Waals surface area contributed by atoms with E-state index in [2.05, 4.69) is 40.2 Å². The maximum absolute atomic E-state index is 2.81. The van der Waals surface area contributed by atoms with E-state index >= 15 is 0 Å². The molecule has 0 N–H and O–H groups in total. The number of hydrogen-bond donors (Lipinski definition) is 0. The zero-order chi connectivity index (χ0) is 19.0.